The lowest BCUT2D eigenvalue weighted by molar-refractivity contribution is 0.0949. The fraction of sp³-hybridized carbons (Fsp3) is 0.105. The highest BCUT2D eigenvalue weighted by Gasteiger charge is 2.24. The number of rotatable bonds is 7. The van der Waals surface area contributed by atoms with E-state index in [0.29, 0.717) is 17.2 Å². The van der Waals surface area contributed by atoms with Gasteiger partial charge in [0, 0.05) is 28.6 Å². The maximum absolute atomic E-state index is 12.8. The van der Waals surface area contributed by atoms with Gasteiger partial charge in [0.15, 0.2) is 5.69 Å². The van der Waals surface area contributed by atoms with Gasteiger partial charge in [-0.1, -0.05) is 23.4 Å². The Kier molecular flexibility index (Phi) is 5.98. The number of hydrazone groups is 1. The van der Waals surface area contributed by atoms with Gasteiger partial charge in [0.05, 0.1) is 11.4 Å². The fourth-order valence-electron chi connectivity index (χ4n) is 2.63. The Balaban J connectivity index is 1.61. The second kappa shape index (κ2) is 9.17. The SMILES string of the molecule is C/C(=N/NC(=O)c1nnn(-c2nonc2N)c1CSc1ccccc1)c1ccncc1. The molecule has 0 unspecified atom stereocenters. The lowest BCUT2D eigenvalue weighted by Gasteiger charge is -2.06. The Morgan fingerprint density at radius 3 is 2.68 bits per heavy atom. The van der Waals surface area contributed by atoms with Crippen molar-refractivity contribution in [3.63, 3.8) is 0 Å². The number of nitrogens with zero attached hydrogens (tertiary/aromatic N) is 7. The molecule has 12 heteroatoms. The number of benzene rings is 1. The van der Waals surface area contributed by atoms with E-state index in [1.807, 2.05) is 30.3 Å². The molecule has 1 amide bonds. The van der Waals surface area contributed by atoms with E-state index >= 15 is 0 Å². The number of aromatic nitrogens is 6. The van der Waals surface area contributed by atoms with Crippen LogP contribution in [0.3, 0.4) is 0 Å². The number of nitrogen functional groups attached to an aromatic ring is 1. The number of amides is 1. The van der Waals surface area contributed by atoms with Crippen molar-refractivity contribution in [2.45, 2.75) is 17.6 Å². The summed E-state index contributed by atoms with van der Waals surface area (Å²) in [6.07, 6.45) is 3.30. The van der Waals surface area contributed by atoms with Crippen LogP contribution in [0.25, 0.3) is 5.82 Å². The molecule has 1 aromatic carbocycles. The zero-order valence-corrected chi connectivity index (χ0v) is 17.2. The molecule has 3 heterocycles. The third-order valence-electron chi connectivity index (χ3n) is 4.22. The highest BCUT2D eigenvalue weighted by atomic mass is 32.2. The summed E-state index contributed by atoms with van der Waals surface area (Å²) in [6.45, 7) is 1.78. The van der Waals surface area contributed by atoms with Crippen molar-refractivity contribution in [3.8, 4) is 5.82 Å². The molecule has 0 fully saturated rings. The van der Waals surface area contributed by atoms with Crippen LogP contribution < -0.4 is 11.2 Å². The Morgan fingerprint density at radius 2 is 1.97 bits per heavy atom. The molecule has 4 rings (SSSR count). The molecule has 11 nitrogen and oxygen atoms in total. The molecule has 0 bridgehead atoms. The van der Waals surface area contributed by atoms with E-state index in [9.17, 15) is 4.79 Å². The zero-order valence-electron chi connectivity index (χ0n) is 16.3. The predicted octanol–water partition coefficient (Wildman–Crippen LogP) is 2.07. The second-order valence-corrected chi connectivity index (χ2v) is 7.29. The van der Waals surface area contributed by atoms with Crippen LogP contribution >= 0.6 is 11.8 Å². The van der Waals surface area contributed by atoms with Gasteiger partial charge in [-0.25, -0.2) is 10.1 Å². The Labute approximate surface area is 180 Å². The number of nitrogens with two attached hydrogens (primary N) is 1. The molecule has 0 aliphatic heterocycles. The first-order valence-electron chi connectivity index (χ1n) is 9.09. The van der Waals surface area contributed by atoms with E-state index in [2.05, 4.69) is 40.8 Å². The molecule has 0 aliphatic rings. The molecule has 4 aromatic rings. The first-order valence-corrected chi connectivity index (χ1v) is 10.1. The molecule has 156 valence electrons. The summed E-state index contributed by atoms with van der Waals surface area (Å²) >= 11 is 1.51. The summed E-state index contributed by atoms with van der Waals surface area (Å²) in [7, 11) is 0. The van der Waals surface area contributed by atoms with E-state index in [1.165, 1.54) is 16.4 Å². The van der Waals surface area contributed by atoms with Gasteiger partial charge in [0.25, 0.3) is 5.91 Å². The minimum absolute atomic E-state index is 0.0365. The van der Waals surface area contributed by atoms with Crippen molar-refractivity contribution < 1.29 is 9.42 Å². The number of pyridine rings is 1. The zero-order chi connectivity index (χ0) is 21.6. The van der Waals surface area contributed by atoms with Crippen molar-refractivity contribution in [1.82, 2.24) is 35.7 Å². The third kappa shape index (κ3) is 4.59. The number of hydrogen-bond donors (Lipinski definition) is 2. The van der Waals surface area contributed by atoms with Gasteiger partial charge in [0.1, 0.15) is 0 Å². The average molecular weight is 435 g/mol. The highest BCUT2D eigenvalue weighted by molar-refractivity contribution is 7.98. The van der Waals surface area contributed by atoms with Gasteiger partial charge in [0.2, 0.25) is 11.6 Å². The van der Waals surface area contributed by atoms with Crippen LogP contribution in [0, 0.1) is 0 Å². The Bertz CT molecular complexity index is 1210. The van der Waals surface area contributed by atoms with Gasteiger partial charge in [-0.3, -0.25) is 9.78 Å². The number of carbonyl (C=O) groups is 1. The molecule has 0 atom stereocenters. The largest absolute Gasteiger partial charge is 0.378 e. The van der Waals surface area contributed by atoms with E-state index in [-0.39, 0.29) is 17.3 Å². The Morgan fingerprint density at radius 1 is 1.19 bits per heavy atom. The van der Waals surface area contributed by atoms with Crippen molar-refractivity contribution >= 4 is 29.2 Å². The minimum atomic E-state index is -0.515. The summed E-state index contributed by atoms with van der Waals surface area (Å²) in [6, 6.07) is 13.3. The second-order valence-electron chi connectivity index (χ2n) is 6.25. The lowest BCUT2D eigenvalue weighted by atomic mass is 10.2. The molecule has 31 heavy (non-hydrogen) atoms. The fourth-order valence-corrected chi connectivity index (χ4v) is 3.54. The molecule has 0 saturated heterocycles. The van der Waals surface area contributed by atoms with Gasteiger partial charge < -0.3 is 5.73 Å². The van der Waals surface area contributed by atoms with Crippen molar-refractivity contribution in [1.29, 1.82) is 0 Å². The van der Waals surface area contributed by atoms with E-state index in [1.54, 1.807) is 31.5 Å². The normalized spacial score (nSPS) is 11.5. The first-order chi connectivity index (χ1) is 15.1. The van der Waals surface area contributed by atoms with Gasteiger partial charge >= 0.3 is 0 Å². The van der Waals surface area contributed by atoms with Gasteiger partial charge in [-0.15, -0.1) is 16.9 Å². The first kappa shape index (κ1) is 20.2. The quantitative estimate of drug-likeness (QED) is 0.252. The van der Waals surface area contributed by atoms with Crippen molar-refractivity contribution in [2.24, 2.45) is 5.10 Å². The highest BCUT2D eigenvalue weighted by Crippen LogP contribution is 2.25. The van der Waals surface area contributed by atoms with Crippen LogP contribution in [0.5, 0.6) is 0 Å². The summed E-state index contributed by atoms with van der Waals surface area (Å²) in [5.41, 5.74) is 10.4. The third-order valence-corrected chi connectivity index (χ3v) is 5.24. The number of carbonyl (C=O) groups excluding carboxylic acids is 1. The van der Waals surface area contributed by atoms with Crippen molar-refractivity contribution in [2.75, 3.05) is 5.73 Å². The minimum Gasteiger partial charge on any atom is -0.378 e. The number of anilines is 1. The molecule has 0 saturated carbocycles. The van der Waals surface area contributed by atoms with Crippen molar-refractivity contribution in [3.05, 3.63) is 71.8 Å². The van der Waals surface area contributed by atoms with E-state index in [0.717, 1.165) is 10.5 Å². The number of hydrogen-bond acceptors (Lipinski definition) is 10. The Hall–Kier alpha value is -4.06. The summed E-state index contributed by atoms with van der Waals surface area (Å²) in [4.78, 5) is 17.8. The van der Waals surface area contributed by atoms with Crippen LogP contribution in [0.2, 0.25) is 0 Å². The van der Waals surface area contributed by atoms with Gasteiger partial charge in [-0.2, -0.15) is 9.78 Å². The van der Waals surface area contributed by atoms with Crippen LogP contribution in [-0.2, 0) is 5.75 Å². The molecular weight excluding hydrogens is 418 g/mol. The van der Waals surface area contributed by atoms with Crippen LogP contribution in [0.4, 0.5) is 5.82 Å². The smallest absolute Gasteiger partial charge is 0.293 e. The summed E-state index contributed by atoms with van der Waals surface area (Å²) in [5, 5.41) is 19.5. The van der Waals surface area contributed by atoms with Crippen LogP contribution in [0.15, 0.2) is 69.5 Å². The van der Waals surface area contributed by atoms with E-state index < -0.39 is 5.91 Å². The van der Waals surface area contributed by atoms with E-state index in [4.69, 9.17) is 5.73 Å². The monoisotopic (exact) mass is 435 g/mol. The number of nitrogens with one attached hydrogen (secondary N) is 1. The topological polar surface area (TPSA) is 150 Å². The number of thioether (sulfide) groups is 1. The molecule has 0 aliphatic carbocycles. The van der Waals surface area contributed by atoms with Gasteiger partial charge in [-0.05, 0) is 41.5 Å². The standard InChI is InChI=1S/C19H17N9O2S/c1-12(13-7-9-21-10-8-13)22-24-19(29)16-15(11-31-14-5-3-2-4-6-14)28(27-23-16)18-17(20)25-30-26-18/h2-10H,11H2,1H3,(H2,20,25)(H,24,29)/b22-12-. The molecule has 0 radical (unpaired) electrons. The van der Waals surface area contributed by atoms with Crippen LogP contribution in [-0.4, -0.2) is 41.9 Å². The molecule has 3 N–H and O–H groups in total. The summed E-state index contributed by atoms with van der Waals surface area (Å²) in [5.74, 6) is 0.0541. The maximum Gasteiger partial charge on any atom is 0.293 e. The molecule has 0 spiro atoms. The maximum atomic E-state index is 12.8. The molecular formula is C19H17N9O2S. The molecule has 3 aromatic heterocycles. The lowest BCUT2D eigenvalue weighted by Crippen LogP contribution is -2.21. The average Bonchev–Trinajstić information content (AvgIpc) is 3.42. The predicted molar refractivity (Wildman–Crippen MR) is 114 cm³/mol. The summed E-state index contributed by atoms with van der Waals surface area (Å²) < 4.78 is 6.01. The van der Waals surface area contributed by atoms with Crippen LogP contribution in [0.1, 0.15) is 28.7 Å².